The first kappa shape index (κ1) is 26.5. The van der Waals surface area contributed by atoms with Crippen molar-refractivity contribution < 1.29 is 23.8 Å². The summed E-state index contributed by atoms with van der Waals surface area (Å²) in [5, 5.41) is 23.7. The first-order valence-electron chi connectivity index (χ1n) is 13.6. The topological polar surface area (TPSA) is 116 Å². The fourth-order valence-electron chi connectivity index (χ4n) is 6.35. The molecule has 2 amide bonds. The molecule has 0 saturated carbocycles. The van der Waals surface area contributed by atoms with Crippen LogP contribution < -0.4 is 5.32 Å². The Bertz CT molecular complexity index is 1530. The lowest BCUT2D eigenvalue weighted by Gasteiger charge is -2.43. The highest BCUT2D eigenvalue weighted by molar-refractivity contribution is 6.01. The average Bonchev–Trinajstić information content (AvgIpc) is 2.90. The van der Waals surface area contributed by atoms with Gasteiger partial charge >= 0.3 is 0 Å². The number of carbonyl (C=O) groups is 2. The number of ether oxygens (including phenoxy) is 1. The van der Waals surface area contributed by atoms with Gasteiger partial charge in [0, 0.05) is 37.0 Å². The number of hydrogen-bond donors (Lipinski definition) is 2. The number of rotatable bonds is 5. The molecule has 1 aromatic heterocycles. The molecule has 3 saturated heterocycles. The Morgan fingerprint density at radius 1 is 1.20 bits per heavy atom. The molecule has 4 heterocycles. The highest BCUT2D eigenvalue weighted by atomic mass is 19.1. The van der Waals surface area contributed by atoms with Crippen LogP contribution >= 0.6 is 0 Å². The average molecular weight is 543 g/mol. The summed E-state index contributed by atoms with van der Waals surface area (Å²) in [5.74, 6) is -2.08. The normalized spacial score (nSPS) is 26.6. The molecular weight excluding hydrogens is 511 g/mol. The molecule has 3 fully saturated rings. The molecule has 0 aliphatic carbocycles. The van der Waals surface area contributed by atoms with Crippen LogP contribution in [0.2, 0.25) is 0 Å². The van der Waals surface area contributed by atoms with Crippen LogP contribution in [-0.2, 0) is 26.3 Å². The molecule has 3 atom stereocenters. The van der Waals surface area contributed by atoms with Crippen molar-refractivity contribution in [3.8, 4) is 6.07 Å². The maximum absolute atomic E-state index is 16.0. The largest absolute Gasteiger partial charge is 0.388 e. The molecular formula is C31H31FN4O4. The van der Waals surface area contributed by atoms with E-state index in [1.807, 2.05) is 24.3 Å². The Morgan fingerprint density at radius 2 is 1.98 bits per heavy atom. The number of nitrogens with one attached hydrogen (secondary N) is 1. The van der Waals surface area contributed by atoms with Crippen LogP contribution in [0, 0.1) is 17.1 Å². The summed E-state index contributed by atoms with van der Waals surface area (Å²) >= 11 is 0. The molecule has 0 bridgehead atoms. The van der Waals surface area contributed by atoms with E-state index in [0.29, 0.717) is 67.7 Å². The zero-order valence-electron chi connectivity index (χ0n) is 22.3. The van der Waals surface area contributed by atoms with Gasteiger partial charge in [0.25, 0.3) is 0 Å². The summed E-state index contributed by atoms with van der Waals surface area (Å²) in [6.07, 6.45) is 2.74. The standard InChI is InChI=1S/C31H31FN4O4/c1-30(39)16-36(14-19-2-4-21(5-3-19)31(15-33)17-40-18-31)11-10-25(30)23-6-8-26-24(28(23)32)12-20(13-34-26)22-7-9-27(37)35-29(22)38/h2-6,8,12-13,22,25,39H,7,9-11,14,16-18H2,1H3,(H,35,37,38). The number of aromatic nitrogens is 1. The number of piperidine rings is 2. The number of β-amino-alcohol motifs (C(OH)–C–C–N with tert-alkyl or cyclic N) is 1. The highest BCUT2D eigenvalue weighted by Crippen LogP contribution is 2.40. The maximum atomic E-state index is 16.0. The minimum atomic E-state index is -1.17. The van der Waals surface area contributed by atoms with Crippen LogP contribution in [0.3, 0.4) is 0 Å². The van der Waals surface area contributed by atoms with Crippen LogP contribution in [0.25, 0.3) is 10.9 Å². The molecule has 9 heteroatoms. The number of fused-ring (bicyclic) bond motifs is 1. The van der Waals surface area contributed by atoms with Gasteiger partial charge in [0.15, 0.2) is 0 Å². The molecule has 40 heavy (non-hydrogen) atoms. The van der Waals surface area contributed by atoms with Gasteiger partial charge < -0.3 is 9.84 Å². The van der Waals surface area contributed by atoms with Crippen LogP contribution in [0.4, 0.5) is 4.39 Å². The number of imide groups is 1. The Labute approximate surface area is 231 Å². The molecule has 3 aromatic rings. The van der Waals surface area contributed by atoms with Gasteiger partial charge in [-0.2, -0.15) is 5.26 Å². The summed E-state index contributed by atoms with van der Waals surface area (Å²) in [6.45, 7) is 4.28. The lowest BCUT2D eigenvalue weighted by Crippen LogP contribution is -2.50. The molecule has 2 N–H and O–H groups in total. The second-order valence-corrected chi connectivity index (χ2v) is 11.6. The van der Waals surface area contributed by atoms with Crippen LogP contribution in [-0.4, -0.2) is 58.7 Å². The van der Waals surface area contributed by atoms with E-state index < -0.39 is 28.7 Å². The number of pyridine rings is 1. The monoisotopic (exact) mass is 542 g/mol. The van der Waals surface area contributed by atoms with Gasteiger partial charge in [-0.3, -0.25) is 24.8 Å². The van der Waals surface area contributed by atoms with Crippen molar-refractivity contribution >= 4 is 22.7 Å². The third kappa shape index (κ3) is 4.66. The quantitative estimate of drug-likeness (QED) is 0.475. The number of hydrogen-bond acceptors (Lipinski definition) is 7. The van der Waals surface area contributed by atoms with E-state index in [9.17, 15) is 20.0 Å². The van der Waals surface area contributed by atoms with Crippen molar-refractivity contribution in [2.24, 2.45) is 0 Å². The minimum absolute atomic E-state index is 0.234. The number of benzene rings is 2. The van der Waals surface area contributed by atoms with Crippen molar-refractivity contribution in [3.05, 3.63) is 76.7 Å². The van der Waals surface area contributed by atoms with E-state index in [1.54, 1.807) is 31.3 Å². The van der Waals surface area contributed by atoms with Crippen molar-refractivity contribution in [2.45, 2.75) is 55.6 Å². The summed E-state index contributed by atoms with van der Waals surface area (Å²) in [4.78, 5) is 30.5. The number of aliphatic hydroxyl groups is 1. The number of carbonyl (C=O) groups excluding carboxylic acids is 2. The SMILES string of the molecule is CC1(O)CN(Cc2ccc(C3(C#N)COC3)cc2)CCC1c1ccc2ncc(C3CCC(=O)NC3=O)cc2c1F. The van der Waals surface area contributed by atoms with Crippen molar-refractivity contribution in [2.75, 3.05) is 26.3 Å². The smallest absolute Gasteiger partial charge is 0.234 e. The predicted octanol–water partition coefficient (Wildman–Crippen LogP) is 3.43. The number of nitriles is 1. The molecule has 0 radical (unpaired) electrons. The van der Waals surface area contributed by atoms with Gasteiger partial charge in [-0.05, 0) is 60.7 Å². The van der Waals surface area contributed by atoms with Crippen LogP contribution in [0.5, 0.6) is 0 Å². The number of nitrogens with zero attached hydrogens (tertiary/aromatic N) is 3. The number of halogens is 1. The van der Waals surface area contributed by atoms with Gasteiger partial charge in [-0.25, -0.2) is 4.39 Å². The van der Waals surface area contributed by atoms with E-state index in [0.717, 1.165) is 11.1 Å². The highest BCUT2D eigenvalue weighted by Gasteiger charge is 2.42. The summed E-state index contributed by atoms with van der Waals surface area (Å²) < 4.78 is 21.3. The first-order chi connectivity index (χ1) is 19.2. The Hall–Kier alpha value is -3.71. The lowest BCUT2D eigenvalue weighted by molar-refractivity contribution is -0.134. The van der Waals surface area contributed by atoms with Gasteiger partial charge in [-0.15, -0.1) is 0 Å². The minimum Gasteiger partial charge on any atom is -0.388 e. The Morgan fingerprint density at radius 3 is 2.62 bits per heavy atom. The van der Waals surface area contributed by atoms with E-state index in [-0.39, 0.29) is 18.2 Å². The van der Waals surface area contributed by atoms with E-state index in [1.165, 1.54) is 0 Å². The summed E-state index contributed by atoms with van der Waals surface area (Å²) in [7, 11) is 0. The van der Waals surface area contributed by atoms with Crippen molar-refractivity contribution in [1.82, 2.24) is 15.2 Å². The second kappa shape index (κ2) is 10.0. The van der Waals surface area contributed by atoms with Gasteiger partial charge in [0.1, 0.15) is 11.2 Å². The zero-order valence-corrected chi connectivity index (χ0v) is 22.3. The molecule has 2 aromatic carbocycles. The first-order valence-corrected chi connectivity index (χ1v) is 13.6. The zero-order chi connectivity index (χ0) is 28.1. The fourth-order valence-corrected chi connectivity index (χ4v) is 6.35. The summed E-state index contributed by atoms with van der Waals surface area (Å²) in [6, 6.07) is 15.5. The molecule has 6 rings (SSSR count). The van der Waals surface area contributed by atoms with Gasteiger partial charge in [-0.1, -0.05) is 30.3 Å². The molecule has 206 valence electrons. The molecule has 3 aliphatic heterocycles. The number of amides is 2. The molecule has 8 nitrogen and oxygen atoms in total. The van der Waals surface area contributed by atoms with Crippen molar-refractivity contribution in [1.29, 1.82) is 5.26 Å². The second-order valence-electron chi connectivity index (χ2n) is 11.6. The van der Waals surface area contributed by atoms with E-state index >= 15 is 4.39 Å². The Kier molecular flexibility index (Phi) is 6.65. The third-order valence-electron chi connectivity index (χ3n) is 8.72. The van der Waals surface area contributed by atoms with E-state index in [4.69, 9.17) is 4.74 Å². The fraction of sp³-hybridized carbons (Fsp3) is 0.419. The van der Waals surface area contributed by atoms with Crippen molar-refractivity contribution in [3.63, 3.8) is 0 Å². The lowest BCUT2D eigenvalue weighted by atomic mass is 9.77. The number of likely N-dealkylation sites (tertiary alicyclic amines) is 1. The van der Waals surface area contributed by atoms with Gasteiger partial charge in [0.05, 0.1) is 36.3 Å². The van der Waals surface area contributed by atoms with Crippen LogP contribution in [0.15, 0.2) is 48.7 Å². The molecule has 3 unspecified atom stereocenters. The van der Waals surface area contributed by atoms with E-state index in [2.05, 4.69) is 21.3 Å². The molecule has 0 spiro atoms. The molecule has 3 aliphatic rings. The van der Waals surface area contributed by atoms with Crippen LogP contribution in [0.1, 0.15) is 60.3 Å². The van der Waals surface area contributed by atoms with Gasteiger partial charge in [0.2, 0.25) is 11.8 Å². The Balaban J connectivity index is 1.19. The predicted molar refractivity (Wildman–Crippen MR) is 145 cm³/mol. The maximum Gasteiger partial charge on any atom is 0.234 e. The third-order valence-corrected chi connectivity index (χ3v) is 8.72. The summed E-state index contributed by atoms with van der Waals surface area (Å²) in [5.41, 5.74) is 1.80.